The van der Waals surface area contributed by atoms with Crippen LogP contribution in [0.1, 0.15) is 50.7 Å². The van der Waals surface area contributed by atoms with Crippen LogP contribution >= 0.6 is 0 Å². The molecule has 16 heavy (non-hydrogen) atoms. The Balaban J connectivity index is 2.40. The first kappa shape index (κ1) is 11.7. The van der Waals surface area contributed by atoms with Gasteiger partial charge in [-0.25, -0.2) is 0 Å². The van der Waals surface area contributed by atoms with Crippen molar-refractivity contribution in [3.63, 3.8) is 0 Å². The maximum atomic E-state index is 10.9. The predicted molar refractivity (Wildman–Crippen MR) is 67.3 cm³/mol. The van der Waals surface area contributed by atoms with Crippen LogP contribution in [-0.4, -0.2) is 5.11 Å². The van der Waals surface area contributed by atoms with E-state index in [-0.39, 0.29) is 0 Å². The number of aryl methyl sites for hydroxylation is 1. The predicted octanol–water partition coefficient (Wildman–Crippen LogP) is 3.65. The lowest BCUT2D eigenvalue weighted by atomic mass is 9.71. The molecule has 1 saturated carbocycles. The van der Waals surface area contributed by atoms with E-state index in [9.17, 15) is 5.11 Å². The summed E-state index contributed by atoms with van der Waals surface area (Å²) in [7, 11) is 0. The van der Waals surface area contributed by atoms with Crippen LogP contribution in [0.4, 0.5) is 0 Å². The molecule has 0 aliphatic heterocycles. The molecule has 1 N–H and O–H groups in total. The van der Waals surface area contributed by atoms with Gasteiger partial charge < -0.3 is 5.11 Å². The van der Waals surface area contributed by atoms with Crippen molar-refractivity contribution in [3.05, 3.63) is 35.4 Å². The lowest BCUT2D eigenvalue weighted by molar-refractivity contribution is -0.0476. The molecule has 1 fully saturated rings. The Kier molecular flexibility index (Phi) is 3.34. The molecule has 2 atom stereocenters. The van der Waals surface area contributed by atoms with Gasteiger partial charge in [-0.2, -0.15) is 0 Å². The third-order valence-corrected chi connectivity index (χ3v) is 4.12. The lowest BCUT2D eigenvalue weighted by Crippen LogP contribution is -2.37. The standard InChI is InChI=1S/C15H22O/c1-3-13-9-4-5-10-14(13)15(16)11-7-6-8-12(15)2/h4-5,9-10,12,16H,3,6-8,11H2,1-2H3/t12-,15-/m0/s1. The molecule has 0 amide bonds. The van der Waals surface area contributed by atoms with Crippen LogP contribution in [0.2, 0.25) is 0 Å². The van der Waals surface area contributed by atoms with Crippen LogP contribution in [0.3, 0.4) is 0 Å². The number of benzene rings is 1. The van der Waals surface area contributed by atoms with Crippen LogP contribution in [-0.2, 0) is 12.0 Å². The molecule has 0 spiro atoms. The van der Waals surface area contributed by atoms with E-state index >= 15 is 0 Å². The van der Waals surface area contributed by atoms with E-state index in [1.807, 2.05) is 6.07 Å². The average molecular weight is 218 g/mol. The number of hydrogen-bond acceptors (Lipinski definition) is 1. The van der Waals surface area contributed by atoms with Crippen molar-refractivity contribution in [2.45, 2.75) is 51.6 Å². The third-order valence-electron chi connectivity index (χ3n) is 4.12. The van der Waals surface area contributed by atoms with Gasteiger partial charge in [0.15, 0.2) is 0 Å². The summed E-state index contributed by atoms with van der Waals surface area (Å²) in [5, 5.41) is 10.9. The largest absolute Gasteiger partial charge is 0.385 e. The molecule has 0 saturated heterocycles. The Morgan fingerprint density at radius 3 is 2.75 bits per heavy atom. The zero-order valence-electron chi connectivity index (χ0n) is 10.4. The van der Waals surface area contributed by atoms with Crippen LogP contribution in [0.15, 0.2) is 24.3 Å². The Bertz CT molecular complexity index is 358. The maximum absolute atomic E-state index is 10.9. The van der Waals surface area contributed by atoms with Gasteiger partial charge in [0.2, 0.25) is 0 Å². The van der Waals surface area contributed by atoms with Gasteiger partial charge in [0.05, 0.1) is 5.60 Å². The SMILES string of the molecule is CCc1ccccc1[C@]1(O)CCCC[C@@H]1C. The van der Waals surface area contributed by atoms with Crippen LogP contribution in [0.25, 0.3) is 0 Å². The molecular formula is C15H22O. The molecular weight excluding hydrogens is 196 g/mol. The molecule has 88 valence electrons. The average Bonchev–Trinajstić information content (AvgIpc) is 2.33. The second-order valence-electron chi connectivity index (χ2n) is 5.08. The van der Waals surface area contributed by atoms with E-state index in [1.54, 1.807) is 0 Å². The molecule has 1 aliphatic carbocycles. The fourth-order valence-corrected chi connectivity index (χ4v) is 2.98. The van der Waals surface area contributed by atoms with Crippen LogP contribution < -0.4 is 0 Å². The number of aliphatic hydroxyl groups is 1. The minimum Gasteiger partial charge on any atom is -0.385 e. The third kappa shape index (κ3) is 1.89. The van der Waals surface area contributed by atoms with Crippen molar-refractivity contribution in [1.29, 1.82) is 0 Å². The highest BCUT2D eigenvalue weighted by atomic mass is 16.3. The Labute approximate surface area is 98.5 Å². The second-order valence-corrected chi connectivity index (χ2v) is 5.08. The molecule has 0 unspecified atom stereocenters. The fraction of sp³-hybridized carbons (Fsp3) is 0.600. The van der Waals surface area contributed by atoms with E-state index in [2.05, 4.69) is 32.0 Å². The van der Waals surface area contributed by atoms with E-state index in [4.69, 9.17) is 0 Å². The minimum absolute atomic E-state index is 0.383. The van der Waals surface area contributed by atoms with Gasteiger partial charge in [-0.1, -0.05) is 51.0 Å². The van der Waals surface area contributed by atoms with Gasteiger partial charge in [-0.15, -0.1) is 0 Å². The molecule has 0 heterocycles. The van der Waals surface area contributed by atoms with Crippen molar-refractivity contribution >= 4 is 0 Å². The Morgan fingerprint density at radius 1 is 1.31 bits per heavy atom. The summed E-state index contributed by atoms with van der Waals surface area (Å²) < 4.78 is 0. The molecule has 1 aromatic rings. The molecule has 2 rings (SSSR count). The van der Waals surface area contributed by atoms with E-state index in [1.165, 1.54) is 17.5 Å². The fourth-order valence-electron chi connectivity index (χ4n) is 2.98. The number of hydrogen-bond donors (Lipinski definition) is 1. The van der Waals surface area contributed by atoms with E-state index in [0.29, 0.717) is 5.92 Å². The van der Waals surface area contributed by atoms with Crippen molar-refractivity contribution < 1.29 is 5.11 Å². The van der Waals surface area contributed by atoms with Gasteiger partial charge in [0.1, 0.15) is 0 Å². The molecule has 1 aliphatic rings. The quantitative estimate of drug-likeness (QED) is 0.803. The summed E-state index contributed by atoms with van der Waals surface area (Å²) in [6, 6.07) is 8.38. The molecule has 1 heteroatoms. The molecule has 0 bridgehead atoms. The van der Waals surface area contributed by atoms with Gasteiger partial charge in [0.25, 0.3) is 0 Å². The monoisotopic (exact) mass is 218 g/mol. The zero-order chi connectivity index (χ0) is 11.6. The minimum atomic E-state index is -0.579. The van der Waals surface area contributed by atoms with Crippen molar-refractivity contribution in [3.8, 4) is 0 Å². The summed E-state index contributed by atoms with van der Waals surface area (Å²) in [6.07, 6.45) is 5.49. The lowest BCUT2D eigenvalue weighted by Gasteiger charge is -2.39. The smallest absolute Gasteiger partial charge is 0.0924 e. The molecule has 0 radical (unpaired) electrons. The second kappa shape index (κ2) is 4.58. The van der Waals surface area contributed by atoms with E-state index in [0.717, 1.165) is 25.7 Å². The summed E-state index contributed by atoms with van der Waals surface area (Å²) in [6.45, 7) is 4.35. The summed E-state index contributed by atoms with van der Waals surface area (Å²) in [5.74, 6) is 0.383. The molecule has 1 nitrogen and oxygen atoms in total. The van der Waals surface area contributed by atoms with Gasteiger partial charge >= 0.3 is 0 Å². The first-order valence-electron chi connectivity index (χ1n) is 6.49. The normalized spacial score (nSPS) is 30.3. The first-order valence-corrected chi connectivity index (χ1v) is 6.49. The molecule has 0 aromatic heterocycles. The maximum Gasteiger partial charge on any atom is 0.0924 e. The van der Waals surface area contributed by atoms with Gasteiger partial charge in [-0.3, -0.25) is 0 Å². The zero-order valence-corrected chi connectivity index (χ0v) is 10.4. The highest BCUT2D eigenvalue weighted by Gasteiger charge is 2.38. The first-order chi connectivity index (χ1) is 7.68. The van der Waals surface area contributed by atoms with Crippen molar-refractivity contribution in [1.82, 2.24) is 0 Å². The summed E-state index contributed by atoms with van der Waals surface area (Å²) in [4.78, 5) is 0. The Morgan fingerprint density at radius 2 is 2.06 bits per heavy atom. The van der Waals surface area contributed by atoms with Crippen LogP contribution in [0, 0.1) is 5.92 Å². The topological polar surface area (TPSA) is 20.2 Å². The highest BCUT2D eigenvalue weighted by Crippen LogP contribution is 2.42. The highest BCUT2D eigenvalue weighted by molar-refractivity contribution is 5.33. The summed E-state index contributed by atoms with van der Waals surface area (Å²) in [5.41, 5.74) is 1.90. The Hall–Kier alpha value is -0.820. The molecule has 1 aromatic carbocycles. The summed E-state index contributed by atoms with van der Waals surface area (Å²) >= 11 is 0. The number of rotatable bonds is 2. The van der Waals surface area contributed by atoms with Crippen molar-refractivity contribution in [2.24, 2.45) is 5.92 Å². The van der Waals surface area contributed by atoms with Crippen LogP contribution in [0.5, 0.6) is 0 Å². The van der Waals surface area contributed by atoms with Gasteiger partial charge in [0, 0.05) is 0 Å². The van der Waals surface area contributed by atoms with E-state index < -0.39 is 5.60 Å². The van der Waals surface area contributed by atoms with Crippen molar-refractivity contribution in [2.75, 3.05) is 0 Å². The van der Waals surface area contributed by atoms with Gasteiger partial charge in [-0.05, 0) is 36.3 Å².